The highest BCUT2D eigenvalue weighted by Crippen LogP contribution is 2.32. The summed E-state index contributed by atoms with van der Waals surface area (Å²) in [7, 11) is 3.52. The number of anilines is 1. The normalized spacial score (nSPS) is 27.4. The standard InChI is InChI=1S/C27H41N3O5/c1-18-14-30(15-20-5-6-20)19(2)17-35-24-8-7-22(28-26(31)21-9-11-34-12-10-21)13-23(24)27(32)29(3)16-25(18)33-4/h7-8,13,18-21,25H,5-6,9-12,14-17H2,1-4H3,(H,28,31)/t18-,19+,25+/m0/s1. The van der Waals surface area contributed by atoms with Crippen LogP contribution in [0, 0.1) is 17.8 Å². The monoisotopic (exact) mass is 487 g/mol. The molecule has 4 rings (SSSR count). The number of hydrogen-bond donors (Lipinski definition) is 1. The van der Waals surface area contributed by atoms with Gasteiger partial charge in [0, 0.05) is 64.7 Å². The van der Waals surface area contributed by atoms with E-state index in [4.69, 9.17) is 14.2 Å². The van der Waals surface area contributed by atoms with Gasteiger partial charge in [0.25, 0.3) is 5.91 Å². The molecule has 2 fully saturated rings. The van der Waals surface area contributed by atoms with Crippen molar-refractivity contribution < 1.29 is 23.8 Å². The van der Waals surface area contributed by atoms with Gasteiger partial charge in [0.1, 0.15) is 12.4 Å². The first-order chi connectivity index (χ1) is 16.9. The number of benzene rings is 1. The lowest BCUT2D eigenvalue weighted by molar-refractivity contribution is -0.122. The SMILES string of the molecule is CO[C@@H]1CN(C)C(=O)c2cc(NC(=O)C3CCOCC3)ccc2OC[C@@H](C)N(CC2CC2)C[C@@H]1C. The smallest absolute Gasteiger partial charge is 0.257 e. The summed E-state index contributed by atoms with van der Waals surface area (Å²) in [4.78, 5) is 30.5. The summed E-state index contributed by atoms with van der Waals surface area (Å²) in [6.45, 7) is 8.57. The van der Waals surface area contributed by atoms with Crippen LogP contribution in [0.25, 0.3) is 0 Å². The van der Waals surface area contributed by atoms with Crippen LogP contribution in [0.3, 0.4) is 0 Å². The van der Waals surface area contributed by atoms with E-state index in [9.17, 15) is 9.59 Å². The first-order valence-electron chi connectivity index (χ1n) is 13.0. The van der Waals surface area contributed by atoms with Crippen LogP contribution in [0.5, 0.6) is 5.75 Å². The number of nitrogens with one attached hydrogen (secondary N) is 1. The van der Waals surface area contributed by atoms with Gasteiger partial charge >= 0.3 is 0 Å². The first-order valence-corrected chi connectivity index (χ1v) is 13.0. The van der Waals surface area contributed by atoms with Gasteiger partial charge in [0.15, 0.2) is 0 Å². The van der Waals surface area contributed by atoms with E-state index >= 15 is 0 Å². The molecule has 2 heterocycles. The number of methoxy groups -OCH3 is 1. The molecule has 1 aromatic carbocycles. The van der Waals surface area contributed by atoms with Crippen LogP contribution in [-0.4, -0.2) is 87.4 Å². The molecule has 0 radical (unpaired) electrons. The Morgan fingerprint density at radius 1 is 1.14 bits per heavy atom. The number of fused-ring (bicyclic) bond motifs is 1. The topological polar surface area (TPSA) is 80.3 Å². The molecule has 0 spiro atoms. The molecule has 8 nitrogen and oxygen atoms in total. The van der Waals surface area contributed by atoms with Gasteiger partial charge in [-0.2, -0.15) is 0 Å². The third kappa shape index (κ3) is 6.74. The number of rotatable bonds is 5. The van der Waals surface area contributed by atoms with E-state index in [1.165, 1.54) is 12.8 Å². The van der Waals surface area contributed by atoms with Gasteiger partial charge in [-0.3, -0.25) is 14.5 Å². The number of hydrogen-bond acceptors (Lipinski definition) is 6. The van der Waals surface area contributed by atoms with Crippen molar-refractivity contribution >= 4 is 17.5 Å². The van der Waals surface area contributed by atoms with Crippen molar-refractivity contribution in [3.63, 3.8) is 0 Å². The van der Waals surface area contributed by atoms with Gasteiger partial charge < -0.3 is 24.4 Å². The van der Waals surface area contributed by atoms with E-state index in [-0.39, 0.29) is 35.8 Å². The predicted octanol–water partition coefficient (Wildman–Crippen LogP) is 3.27. The van der Waals surface area contributed by atoms with E-state index < -0.39 is 0 Å². The van der Waals surface area contributed by atoms with Crippen LogP contribution < -0.4 is 10.1 Å². The van der Waals surface area contributed by atoms with Crippen LogP contribution in [0.2, 0.25) is 0 Å². The highest BCUT2D eigenvalue weighted by molar-refractivity contribution is 5.99. The van der Waals surface area contributed by atoms with Gasteiger partial charge in [0.05, 0.1) is 11.7 Å². The molecule has 8 heteroatoms. The summed E-state index contributed by atoms with van der Waals surface area (Å²) in [5.74, 6) is 1.35. The van der Waals surface area contributed by atoms with Gasteiger partial charge in [-0.25, -0.2) is 0 Å². The maximum atomic E-state index is 13.5. The average molecular weight is 488 g/mol. The first kappa shape index (κ1) is 25.9. The molecule has 2 aliphatic heterocycles. The van der Waals surface area contributed by atoms with Crippen molar-refractivity contribution in [1.82, 2.24) is 9.80 Å². The highest BCUT2D eigenvalue weighted by atomic mass is 16.5. The lowest BCUT2D eigenvalue weighted by Gasteiger charge is -2.36. The van der Waals surface area contributed by atoms with Crippen molar-refractivity contribution in [2.75, 3.05) is 58.9 Å². The van der Waals surface area contributed by atoms with E-state index in [1.54, 1.807) is 31.2 Å². The Balaban J connectivity index is 1.57. The zero-order valence-corrected chi connectivity index (χ0v) is 21.6. The molecular formula is C27H41N3O5. The molecule has 1 saturated heterocycles. The molecule has 1 N–H and O–H groups in total. The third-order valence-electron chi connectivity index (χ3n) is 7.62. The second-order valence-electron chi connectivity index (χ2n) is 10.6. The van der Waals surface area contributed by atoms with E-state index in [0.29, 0.717) is 56.2 Å². The predicted molar refractivity (Wildman–Crippen MR) is 135 cm³/mol. The molecular weight excluding hydrogens is 446 g/mol. The van der Waals surface area contributed by atoms with Crippen molar-refractivity contribution in [3.8, 4) is 5.75 Å². The average Bonchev–Trinajstić information content (AvgIpc) is 3.69. The van der Waals surface area contributed by atoms with Crippen molar-refractivity contribution in [2.45, 2.75) is 51.7 Å². The maximum Gasteiger partial charge on any atom is 0.257 e. The lowest BCUT2D eigenvalue weighted by Crippen LogP contribution is -2.47. The Morgan fingerprint density at radius 2 is 1.89 bits per heavy atom. The lowest BCUT2D eigenvalue weighted by atomic mass is 9.99. The summed E-state index contributed by atoms with van der Waals surface area (Å²) < 4.78 is 17.5. The van der Waals surface area contributed by atoms with Crippen LogP contribution in [-0.2, 0) is 14.3 Å². The summed E-state index contributed by atoms with van der Waals surface area (Å²) in [5.41, 5.74) is 1.07. The number of carbonyl (C=O) groups excluding carboxylic acids is 2. The number of ether oxygens (including phenoxy) is 3. The van der Waals surface area contributed by atoms with E-state index in [0.717, 1.165) is 19.0 Å². The molecule has 1 aliphatic carbocycles. The Hall–Kier alpha value is -2.16. The van der Waals surface area contributed by atoms with Gasteiger partial charge in [0.2, 0.25) is 5.91 Å². The summed E-state index contributed by atoms with van der Waals surface area (Å²) in [5, 5.41) is 3.00. The fraction of sp³-hybridized carbons (Fsp3) is 0.704. The second-order valence-corrected chi connectivity index (χ2v) is 10.6. The highest BCUT2D eigenvalue weighted by Gasteiger charge is 2.32. The fourth-order valence-electron chi connectivity index (χ4n) is 5.02. The molecule has 0 aromatic heterocycles. The minimum Gasteiger partial charge on any atom is -0.491 e. The number of amides is 2. The molecule has 3 atom stereocenters. The number of likely N-dealkylation sites (N-methyl/N-ethyl adjacent to an activating group) is 1. The van der Waals surface area contributed by atoms with Crippen LogP contribution in [0.4, 0.5) is 5.69 Å². The molecule has 0 unspecified atom stereocenters. The van der Waals surface area contributed by atoms with Crippen LogP contribution in [0.15, 0.2) is 18.2 Å². The third-order valence-corrected chi connectivity index (χ3v) is 7.62. The summed E-state index contributed by atoms with van der Waals surface area (Å²) in [6.07, 6.45) is 3.96. The zero-order valence-electron chi connectivity index (χ0n) is 21.6. The Kier molecular flexibility index (Phi) is 8.68. The van der Waals surface area contributed by atoms with Crippen molar-refractivity contribution in [3.05, 3.63) is 23.8 Å². The maximum absolute atomic E-state index is 13.5. The van der Waals surface area contributed by atoms with Crippen molar-refractivity contribution in [2.24, 2.45) is 17.8 Å². The van der Waals surface area contributed by atoms with Gasteiger partial charge in [-0.05, 0) is 62.6 Å². The molecule has 3 aliphatic rings. The van der Waals surface area contributed by atoms with Gasteiger partial charge in [-0.15, -0.1) is 0 Å². The number of nitrogens with zero attached hydrogens (tertiary/aromatic N) is 2. The number of carbonyl (C=O) groups is 2. The van der Waals surface area contributed by atoms with Crippen molar-refractivity contribution in [1.29, 1.82) is 0 Å². The fourth-order valence-corrected chi connectivity index (χ4v) is 5.02. The minimum absolute atomic E-state index is 0.0271. The summed E-state index contributed by atoms with van der Waals surface area (Å²) >= 11 is 0. The summed E-state index contributed by atoms with van der Waals surface area (Å²) in [6, 6.07) is 5.58. The molecule has 0 bridgehead atoms. The molecule has 1 aromatic rings. The quantitative estimate of drug-likeness (QED) is 0.687. The van der Waals surface area contributed by atoms with Gasteiger partial charge in [-0.1, -0.05) is 6.92 Å². The van der Waals surface area contributed by atoms with Crippen LogP contribution >= 0.6 is 0 Å². The largest absolute Gasteiger partial charge is 0.491 e. The van der Waals surface area contributed by atoms with E-state index in [2.05, 4.69) is 24.1 Å². The Labute approximate surface area is 209 Å². The zero-order chi connectivity index (χ0) is 24.9. The second kappa shape index (κ2) is 11.7. The molecule has 2 amide bonds. The Bertz CT molecular complexity index is 884. The molecule has 35 heavy (non-hydrogen) atoms. The molecule has 194 valence electrons. The van der Waals surface area contributed by atoms with E-state index in [1.807, 2.05) is 6.07 Å². The van der Waals surface area contributed by atoms with Crippen LogP contribution in [0.1, 0.15) is 49.9 Å². The molecule has 1 saturated carbocycles. The minimum atomic E-state index is -0.139. The Morgan fingerprint density at radius 3 is 2.57 bits per heavy atom.